The van der Waals surface area contributed by atoms with Crippen LogP contribution in [0.4, 0.5) is 0 Å². The number of ether oxygens (including phenoxy) is 1. The molecule has 0 bridgehead atoms. The zero-order valence-electron chi connectivity index (χ0n) is 6.80. The van der Waals surface area contributed by atoms with Crippen LogP contribution in [0.2, 0.25) is 0 Å². The van der Waals surface area contributed by atoms with Crippen molar-refractivity contribution in [1.82, 2.24) is 9.55 Å². The lowest BCUT2D eigenvalue weighted by molar-refractivity contribution is -0.146. The van der Waals surface area contributed by atoms with Gasteiger partial charge in [-0.1, -0.05) is 6.58 Å². The molecule has 4 heteroatoms. The predicted molar refractivity (Wildman–Crippen MR) is 43.2 cm³/mol. The summed E-state index contributed by atoms with van der Waals surface area (Å²) in [7, 11) is 0. The van der Waals surface area contributed by atoms with Crippen LogP contribution in [-0.2, 0) is 9.53 Å². The monoisotopic (exact) mass is 166 g/mol. The molecule has 4 nitrogen and oxygen atoms in total. The second-order valence-corrected chi connectivity index (χ2v) is 2.25. The minimum absolute atomic E-state index is 0.335. The van der Waals surface area contributed by atoms with Crippen LogP contribution in [0.5, 0.6) is 0 Å². The van der Waals surface area contributed by atoms with Crippen molar-refractivity contribution in [1.29, 1.82) is 0 Å². The number of hydrogen-bond donors (Lipinski definition) is 0. The molecule has 1 aromatic heterocycles. The highest BCUT2D eigenvalue weighted by atomic mass is 16.6. The average Bonchev–Trinajstić information content (AvgIpc) is 2.56. The lowest BCUT2D eigenvalue weighted by atomic mass is 10.6. The van der Waals surface area contributed by atoms with Crippen molar-refractivity contribution in [3.63, 3.8) is 0 Å². The predicted octanol–water partition coefficient (Wildman–Crippen LogP) is 1.13. The zero-order chi connectivity index (χ0) is 8.97. The van der Waals surface area contributed by atoms with E-state index in [4.69, 9.17) is 4.74 Å². The van der Waals surface area contributed by atoms with E-state index in [0.29, 0.717) is 0 Å². The molecule has 1 heterocycles. The fraction of sp³-hybridized carbons (Fsp3) is 0.250. The molecule has 0 aliphatic heterocycles. The van der Waals surface area contributed by atoms with Gasteiger partial charge in [0.05, 0.1) is 6.33 Å². The molecular weight excluding hydrogens is 156 g/mol. The van der Waals surface area contributed by atoms with Gasteiger partial charge in [-0.2, -0.15) is 0 Å². The van der Waals surface area contributed by atoms with Crippen molar-refractivity contribution >= 4 is 5.97 Å². The summed E-state index contributed by atoms with van der Waals surface area (Å²) in [5.74, 6) is -0.434. The maximum absolute atomic E-state index is 10.7. The van der Waals surface area contributed by atoms with E-state index in [-0.39, 0.29) is 6.23 Å². The number of imidazole rings is 1. The molecule has 0 N–H and O–H groups in total. The van der Waals surface area contributed by atoms with Gasteiger partial charge in [0, 0.05) is 18.5 Å². The van der Waals surface area contributed by atoms with Gasteiger partial charge < -0.3 is 9.30 Å². The van der Waals surface area contributed by atoms with E-state index in [1.54, 1.807) is 30.2 Å². The number of rotatable bonds is 3. The van der Waals surface area contributed by atoms with Crippen LogP contribution in [0.25, 0.3) is 0 Å². The summed E-state index contributed by atoms with van der Waals surface area (Å²) in [4.78, 5) is 14.6. The molecule has 1 atom stereocenters. The Morgan fingerprint density at radius 3 is 3.08 bits per heavy atom. The van der Waals surface area contributed by atoms with E-state index in [1.165, 1.54) is 0 Å². The third kappa shape index (κ3) is 1.95. The standard InChI is InChI=1S/C8H10N2O2/c1-3-8(11)12-7(2)10-5-4-9-6-10/h3-7H,1H2,2H3. The fourth-order valence-corrected chi connectivity index (χ4v) is 0.762. The third-order valence-electron chi connectivity index (χ3n) is 1.40. The lowest BCUT2D eigenvalue weighted by Gasteiger charge is -2.12. The normalized spacial score (nSPS) is 12.1. The van der Waals surface area contributed by atoms with E-state index in [0.717, 1.165) is 6.08 Å². The van der Waals surface area contributed by atoms with Gasteiger partial charge >= 0.3 is 5.97 Å². The van der Waals surface area contributed by atoms with Gasteiger partial charge in [-0.3, -0.25) is 0 Å². The van der Waals surface area contributed by atoms with Crippen LogP contribution < -0.4 is 0 Å². The summed E-state index contributed by atoms with van der Waals surface area (Å²) in [6.07, 6.45) is 5.73. The molecule has 0 spiro atoms. The summed E-state index contributed by atoms with van der Waals surface area (Å²) in [6, 6.07) is 0. The first-order valence-corrected chi connectivity index (χ1v) is 3.54. The topological polar surface area (TPSA) is 44.1 Å². The lowest BCUT2D eigenvalue weighted by Crippen LogP contribution is -2.11. The first-order valence-electron chi connectivity index (χ1n) is 3.54. The van der Waals surface area contributed by atoms with Crippen molar-refractivity contribution < 1.29 is 9.53 Å². The summed E-state index contributed by atoms with van der Waals surface area (Å²) < 4.78 is 6.59. The van der Waals surface area contributed by atoms with E-state index in [2.05, 4.69) is 11.6 Å². The van der Waals surface area contributed by atoms with Crippen LogP contribution in [0.3, 0.4) is 0 Å². The Kier molecular flexibility index (Phi) is 2.63. The van der Waals surface area contributed by atoms with Gasteiger partial charge in [0.25, 0.3) is 0 Å². The van der Waals surface area contributed by atoms with Crippen LogP contribution >= 0.6 is 0 Å². The summed E-state index contributed by atoms with van der Waals surface area (Å²) in [5, 5.41) is 0. The molecule has 0 saturated heterocycles. The molecule has 64 valence electrons. The molecule has 0 saturated carbocycles. The van der Waals surface area contributed by atoms with Gasteiger partial charge in [0.1, 0.15) is 0 Å². The van der Waals surface area contributed by atoms with Crippen LogP contribution in [-0.4, -0.2) is 15.5 Å². The van der Waals surface area contributed by atoms with Crippen molar-refractivity contribution in [2.45, 2.75) is 13.2 Å². The van der Waals surface area contributed by atoms with Crippen molar-refractivity contribution in [2.24, 2.45) is 0 Å². The number of hydrogen-bond acceptors (Lipinski definition) is 3. The van der Waals surface area contributed by atoms with Gasteiger partial charge in [-0.05, 0) is 6.92 Å². The van der Waals surface area contributed by atoms with Crippen molar-refractivity contribution in [3.05, 3.63) is 31.4 Å². The Balaban J connectivity index is 2.55. The molecule has 0 fully saturated rings. The largest absolute Gasteiger partial charge is 0.438 e. The van der Waals surface area contributed by atoms with Gasteiger partial charge in [0.15, 0.2) is 6.23 Å². The van der Waals surface area contributed by atoms with Crippen molar-refractivity contribution in [2.75, 3.05) is 0 Å². The van der Waals surface area contributed by atoms with Crippen molar-refractivity contribution in [3.8, 4) is 0 Å². The Hall–Kier alpha value is -1.58. The average molecular weight is 166 g/mol. The summed E-state index contributed by atoms with van der Waals surface area (Å²) >= 11 is 0. The van der Waals surface area contributed by atoms with Crippen LogP contribution in [0.1, 0.15) is 13.2 Å². The maximum atomic E-state index is 10.7. The van der Waals surface area contributed by atoms with Crippen LogP contribution in [0, 0.1) is 0 Å². The summed E-state index contributed by atoms with van der Waals surface area (Å²) in [6.45, 7) is 5.05. The quantitative estimate of drug-likeness (QED) is 0.499. The molecule has 1 rings (SSSR count). The molecule has 1 unspecified atom stereocenters. The Morgan fingerprint density at radius 1 is 1.83 bits per heavy atom. The minimum Gasteiger partial charge on any atom is -0.438 e. The zero-order valence-corrected chi connectivity index (χ0v) is 6.80. The second kappa shape index (κ2) is 3.71. The highest BCUT2D eigenvalue weighted by molar-refractivity contribution is 5.81. The molecule has 12 heavy (non-hydrogen) atoms. The first kappa shape index (κ1) is 8.52. The Morgan fingerprint density at radius 2 is 2.58 bits per heavy atom. The van der Waals surface area contributed by atoms with Gasteiger partial charge in [-0.25, -0.2) is 9.78 Å². The van der Waals surface area contributed by atoms with E-state index in [1.807, 2.05) is 0 Å². The minimum atomic E-state index is -0.434. The molecule has 0 aliphatic carbocycles. The number of carbonyl (C=O) groups is 1. The van der Waals surface area contributed by atoms with E-state index in [9.17, 15) is 4.79 Å². The number of nitrogens with zero attached hydrogens (tertiary/aromatic N) is 2. The SMILES string of the molecule is C=CC(=O)OC(C)n1ccnc1. The number of esters is 1. The maximum Gasteiger partial charge on any atom is 0.332 e. The number of aromatic nitrogens is 2. The molecule has 0 radical (unpaired) electrons. The third-order valence-corrected chi connectivity index (χ3v) is 1.40. The van der Waals surface area contributed by atoms with E-state index >= 15 is 0 Å². The smallest absolute Gasteiger partial charge is 0.332 e. The Labute approximate surface area is 70.5 Å². The first-order chi connectivity index (χ1) is 5.74. The fourth-order valence-electron chi connectivity index (χ4n) is 0.762. The second-order valence-electron chi connectivity index (χ2n) is 2.25. The molecule has 0 amide bonds. The summed E-state index contributed by atoms with van der Waals surface area (Å²) in [5.41, 5.74) is 0. The molecular formula is C8H10N2O2. The van der Waals surface area contributed by atoms with Gasteiger partial charge in [-0.15, -0.1) is 0 Å². The highest BCUT2D eigenvalue weighted by Gasteiger charge is 2.06. The highest BCUT2D eigenvalue weighted by Crippen LogP contribution is 2.05. The van der Waals surface area contributed by atoms with Crippen LogP contribution in [0.15, 0.2) is 31.4 Å². The van der Waals surface area contributed by atoms with Gasteiger partial charge in [0.2, 0.25) is 0 Å². The Bertz CT molecular complexity index is 267. The number of carbonyl (C=O) groups excluding carboxylic acids is 1. The van der Waals surface area contributed by atoms with E-state index < -0.39 is 5.97 Å². The molecule has 1 aromatic rings. The molecule has 0 aromatic carbocycles. The molecule has 0 aliphatic rings.